The van der Waals surface area contributed by atoms with Gasteiger partial charge in [-0.15, -0.1) is 0 Å². The largest absolute Gasteiger partial charge is 0.472 e. The number of nitrogen functional groups attached to an aromatic ring is 4. The van der Waals surface area contributed by atoms with Crippen molar-refractivity contribution in [3.05, 3.63) is 67.1 Å². The number of phosphoric acid groups is 3. The van der Waals surface area contributed by atoms with Gasteiger partial charge in [-0.25, -0.2) is 73.5 Å². The molecule has 12 heterocycles. The average Bonchev–Trinajstić information content (AvgIpc) is 1.62. The fourth-order valence-electron chi connectivity index (χ4n) is 10.7. The molecule has 0 radical (unpaired) electrons. The van der Waals surface area contributed by atoms with E-state index in [9.17, 15) is 81.1 Å². The molecular weight excluding hydrogens is 1370 g/mol. The van der Waals surface area contributed by atoms with Crippen LogP contribution in [0.5, 0.6) is 0 Å². The molecule has 54 nitrogen and oxygen atoms in total. The van der Waals surface area contributed by atoms with E-state index in [4.69, 9.17) is 69.0 Å². The lowest BCUT2D eigenvalue weighted by Gasteiger charge is -2.26. The third kappa shape index (κ3) is 12.6. The van der Waals surface area contributed by atoms with E-state index in [1.54, 1.807) is 0 Å². The second-order valence-corrected chi connectivity index (χ2v) is 24.7. The lowest BCUT2D eigenvalue weighted by molar-refractivity contribution is -0.0649. The summed E-state index contributed by atoms with van der Waals surface area (Å²) in [5.41, 5.74) is 59.8. The number of nitrogens with two attached hydrogens (primary N) is 4. The number of phosphoric ester groups is 3. The molecule has 4 aliphatic heterocycles. The van der Waals surface area contributed by atoms with Crippen molar-refractivity contribution in [2.45, 2.75) is 98.2 Å². The molecular formula is C40H45N32O22P3. The zero-order valence-corrected chi connectivity index (χ0v) is 50.6. The molecule has 17 N–H and O–H groups in total. The fourth-order valence-corrected chi connectivity index (χ4v) is 13.5. The van der Waals surface area contributed by atoms with Gasteiger partial charge in [0.1, 0.15) is 98.6 Å². The third-order valence-electron chi connectivity index (χ3n) is 14.9. The fraction of sp³-hybridized carbons (Fsp3) is 0.500. The summed E-state index contributed by atoms with van der Waals surface area (Å²) in [7, 11) is -17.2. The molecule has 57 heteroatoms. The smallest absolute Gasteiger partial charge is 0.394 e. The number of fused-ring (bicyclic) bond motifs is 4. The summed E-state index contributed by atoms with van der Waals surface area (Å²) in [6.07, 6.45) is -28.3. The molecule has 0 aliphatic carbocycles. The van der Waals surface area contributed by atoms with E-state index in [1.165, 1.54) is 0 Å². The van der Waals surface area contributed by atoms with Gasteiger partial charge < -0.3 is 87.2 Å². The SMILES string of the molecule is [N-]=[N+]=Nc1nc2c(N)ncnc2n1[C@@H]1O[C@H](COP(=O)(O)O[C@@H]2[C@H](O)[C@@H](COP(=O)(O)O[C@@H]3[C@H](O)[C@@H](COP(=O)(O)O[C@@H]4[C@H](O)[C@@H](CO)O[C@H]4n4c(N=[N+]=[N-])nc5c(N)ncnc54)O[C@H]3n3c(N=[N+]=[N-])nc4c(N)ncnc43)O[C@H]2n2c(N=[N+]=[N-])nc3c(N)ncnc32)[C@@H](O)[C@H]1O. The van der Waals surface area contributed by atoms with E-state index in [2.05, 4.69) is 99.9 Å². The molecule has 8 aromatic heterocycles. The molecule has 3 unspecified atom stereocenters. The number of anilines is 4. The number of hydrogen-bond donors (Lipinski definition) is 13. The van der Waals surface area contributed by atoms with Gasteiger partial charge in [-0.2, -0.15) is 0 Å². The Morgan fingerprint density at radius 3 is 0.969 bits per heavy atom. The highest BCUT2D eigenvalue weighted by atomic mass is 31.2. The van der Waals surface area contributed by atoms with Crippen LogP contribution in [0.1, 0.15) is 24.9 Å². The van der Waals surface area contributed by atoms with Gasteiger partial charge in [0.15, 0.2) is 92.8 Å². The topological polar surface area (TPSA) is 799 Å². The molecule has 8 aromatic rings. The molecule has 19 atom stereocenters. The monoisotopic (exact) mass is 1420 g/mol. The van der Waals surface area contributed by atoms with E-state index in [1.807, 2.05) is 0 Å². The maximum atomic E-state index is 14.4. The van der Waals surface area contributed by atoms with Gasteiger partial charge in [0.2, 0.25) is 23.8 Å². The minimum atomic E-state index is -5.86. The number of ether oxygens (including phenoxy) is 4. The van der Waals surface area contributed by atoms with Gasteiger partial charge >= 0.3 is 23.5 Å². The Balaban J connectivity index is 0.800. The van der Waals surface area contributed by atoms with Crippen LogP contribution < -0.4 is 22.9 Å². The Morgan fingerprint density at radius 2 is 0.680 bits per heavy atom. The van der Waals surface area contributed by atoms with Crippen molar-refractivity contribution in [1.82, 2.24) is 78.1 Å². The van der Waals surface area contributed by atoms with Gasteiger partial charge in [-0.3, -0.25) is 45.4 Å². The molecule has 4 saturated heterocycles. The first-order valence-electron chi connectivity index (χ1n) is 27.1. The normalized spacial score (nSPS) is 29.0. The minimum Gasteiger partial charge on any atom is -0.394 e. The van der Waals surface area contributed by atoms with Crippen LogP contribution in [0.25, 0.3) is 86.4 Å². The summed E-state index contributed by atoms with van der Waals surface area (Å²) in [6.45, 7) is -4.61. The summed E-state index contributed by atoms with van der Waals surface area (Å²) in [5.74, 6) is -3.41. The van der Waals surface area contributed by atoms with E-state index >= 15 is 0 Å². The first-order valence-corrected chi connectivity index (χ1v) is 31.5. The number of nitrogens with zero attached hydrogens (tertiary/aromatic N) is 28. The van der Waals surface area contributed by atoms with Crippen LogP contribution in [0.2, 0.25) is 0 Å². The van der Waals surface area contributed by atoms with Gasteiger partial charge in [0.05, 0.1) is 26.4 Å². The quantitative estimate of drug-likeness (QED) is 0.0154. The molecule has 0 bridgehead atoms. The van der Waals surface area contributed by atoms with Crippen LogP contribution in [-0.4, -0.2) is 223 Å². The number of aromatic nitrogens is 16. The molecule has 0 spiro atoms. The standard InChI is InChI=1S/C40H45N32O22P3/c41-25-13-29(53-5-49-25)69(37(57-13)61-65-45)33-21(78)17(74)10(89-33)2-85-95(79,80)93-23-19(76)12(91-35(23)71-31-15(27(43)51-7-55-31)59-39(71)63-67-47)4-87-97(83,84)94-24-20(77)11(90-36(24)72-32-16(28(44)52-8-56-32)60-40(72)64-68-48)3-86-96(81,82)92-22-18(75)9(1-73)88-34(22)70-30-14(26(42)50-6-54-30)58-38(70)62-66-46/h5-12,17-24,33-36,73-78H,1-4H2,(H,79,80)(H,81,82)(H,83,84)(H2,41,49,53)(H2,42,50,54)(H2,43,51,55)(H2,44,52,56)/t9-,10-,11-,12-,17-,18-,19-,20-,21-,22-,23-,24-,33-,34-,35-,36-/m1/s1. The predicted octanol–water partition coefficient (Wildman–Crippen LogP) is -0.665. The highest BCUT2D eigenvalue weighted by Crippen LogP contribution is 2.56. The van der Waals surface area contributed by atoms with E-state index in [0.29, 0.717) is 0 Å². The Labute approximate surface area is 532 Å². The van der Waals surface area contributed by atoms with Crippen LogP contribution in [-0.2, 0) is 59.8 Å². The van der Waals surface area contributed by atoms with E-state index < -0.39 is 172 Å². The first kappa shape index (κ1) is 67.5. The van der Waals surface area contributed by atoms with Crippen molar-refractivity contribution in [3.63, 3.8) is 0 Å². The van der Waals surface area contributed by atoms with Crippen molar-refractivity contribution in [3.8, 4) is 0 Å². The van der Waals surface area contributed by atoms with Crippen LogP contribution in [0.15, 0.2) is 45.8 Å². The van der Waals surface area contributed by atoms with Crippen molar-refractivity contribution in [1.29, 1.82) is 0 Å². The van der Waals surface area contributed by atoms with Gasteiger partial charge in [0, 0.05) is 19.6 Å². The Hall–Kier alpha value is -9.43. The predicted molar refractivity (Wildman–Crippen MR) is 309 cm³/mol. The van der Waals surface area contributed by atoms with E-state index in [-0.39, 0.29) is 67.9 Å². The highest BCUT2D eigenvalue weighted by molar-refractivity contribution is 7.48. The summed E-state index contributed by atoms with van der Waals surface area (Å²) < 4.78 is 102. The van der Waals surface area contributed by atoms with Crippen molar-refractivity contribution in [2.75, 3.05) is 49.4 Å². The Kier molecular flexibility index (Phi) is 18.5. The van der Waals surface area contributed by atoms with E-state index in [0.717, 1.165) is 43.6 Å². The zero-order chi connectivity index (χ0) is 69.2. The summed E-state index contributed by atoms with van der Waals surface area (Å²) in [6, 6.07) is 0. The van der Waals surface area contributed by atoms with Crippen LogP contribution in [0.3, 0.4) is 0 Å². The number of aliphatic hydroxyl groups is 6. The average molecular weight is 1420 g/mol. The molecule has 512 valence electrons. The number of imidazole rings is 4. The molecule has 0 aromatic carbocycles. The number of azide groups is 4. The molecule has 12 rings (SSSR count). The number of hydrogen-bond acceptors (Lipinski definition) is 39. The van der Waals surface area contributed by atoms with Crippen molar-refractivity contribution in [2.24, 2.45) is 20.5 Å². The third-order valence-corrected chi connectivity index (χ3v) is 17.9. The van der Waals surface area contributed by atoms with Crippen molar-refractivity contribution < 1.29 is 105 Å². The maximum absolute atomic E-state index is 14.4. The van der Waals surface area contributed by atoms with Crippen LogP contribution >= 0.6 is 23.5 Å². The maximum Gasteiger partial charge on any atom is 0.472 e. The first-order chi connectivity index (χ1) is 46.3. The lowest BCUT2D eigenvalue weighted by atomic mass is 10.1. The minimum absolute atomic E-state index is 0.107. The van der Waals surface area contributed by atoms with Gasteiger partial charge in [-0.1, -0.05) is 0 Å². The molecule has 0 amide bonds. The molecule has 97 heavy (non-hydrogen) atoms. The number of aliphatic hydroxyl groups excluding tert-OH is 6. The highest BCUT2D eigenvalue weighted by Gasteiger charge is 2.56. The van der Waals surface area contributed by atoms with Gasteiger partial charge in [-0.05, 0) is 42.6 Å². The Bertz CT molecular complexity index is 4750. The Morgan fingerprint density at radius 1 is 0.423 bits per heavy atom. The molecule has 0 saturated carbocycles. The zero-order valence-electron chi connectivity index (χ0n) is 47.9. The van der Waals surface area contributed by atoms with Crippen LogP contribution in [0, 0.1) is 0 Å². The van der Waals surface area contributed by atoms with Crippen LogP contribution in [0.4, 0.5) is 47.1 Å². The number of rotatable bonds is 24. The molecule has 4 fully saturated rings. The summed E-state index contributed by atoms with van der Waals surface area (Å²) in [4.78, 5) is 92.9. The summed E-state index contributed by atoms with van der Waals surface area (Å²) >= 11 is 0. The second kappa shape index (κ2) is 26.5. The van der Waals surface area contributed by atoms with Gasteiger partial charge in [0.25, 0.3) is 0 Å². The van der Waals surface area contributed by atoms with Crippen molar-refractivity contribution >= 4 is 115 Å². The second-order valence-electron chi connectivity index (χ2n) is 20.5. The lowest BCUT2D eigenvalue weighted by Crippen LogP contribution is -2.37. The summed E-state index contributed by atoms with van der Waals surface area (Å²) in [5, 5.41) is 81.5. The molecule has 4 aliphatic rings.